The zero-order chi connectivity index (χ0) is 13.1. The van der Waals surface area contributed by atoms with Gasteiger partial charge in [0.2, 0.25) is 0 Å². The molecule has 0 saturated carbocycles. The summed E-state index contributed by atoms with van der Waals surface area (Å²) in [6.07, 6.45) is 0. The number of hydrogen-bond donors (Lipinski definition) is 0. The molecule has 1 heterocycles. The van der Waals surface area contributed by atoms with Crippen molar-refractivity contribution in [3.8, 4) is 17.0 Å². The van der Waals surface area contributed by atoms with Gasteiger partial charge in [0.05, 0.1) is 19.2 Å². The first-order valence-electron chi connectivity index (χ1n) is 5.05. The average Bonchev–Trinajstić information content (AvgIpc) is 2.80. The molecule has 2 aromatic rings. The standard InChI is InChI=1S/C12H10ClNO3S/c1-16-8-5-3-7(4-6-8)10-9(13)11(18-14-10)12(15)17-2/h3-6H,1-2H3. The molecular weight excluding hydrogens is 274 g/mol. The molecule has 0 unspecified atom stereocenters. The fourth-order valence-electron chi connectivity index (χ4n) is 1.43. The fraction of sp³-hybridized carbons (Fsp3) is 0.167. The van der Waals surface area contributed by atoms with Crippen LogP contribution in [-0.4, -0.2) is 24.6 Å². The second-order valence-corrected chi connectivity index (χ2v) is 4.55. The summed E-state index contributed by atoms with van der Waals surface area (Å²) in [5, 5.41) is 0.317. The van der Waals surface area contributed by atoms with Crippen LogP contribution in [0.15, 0.2) is 24.3 Å². The zero-order valence-corrected chi connectivity index (χ0v) is 11.3. The highest BCUT2D eigenvalue weighted by atomic mass is 35.5. The molecule has 0 saturated heterocycles. The van der Waals surface area contributed by atoms with Crippen molar-refractivity contribution in [1.82, 2.24) is 4.37 Å². The molecule has 0 N–H and O–H groups in total. The Morgan fingerprint density at radius 2 is 1.94 bits per heavy atom. The smallest absolute Gasteiger partial charge is 0.351 e. The van der Waals surface area contributed by atoms with E-state index in [-0.39, 0.29) is 0 Å². The predicted molar refractivity (Wildman–Crippen MR) is 70.5 cm³/mol. The van der Waals surface area contributed by atoms with E-state index in [0.29, 0.717) is 15.6 Å². The van der Waals surface area contributed by atoms with Crippen LogP contribution in [0.3, 0.4) is 0 Å². The van der Waals surface area contributed by atoms with Crippen LogP contribution in [0.5, 0.6) is 5.75 Å². The van der Waals surface area contributed by atoms with Crippen molar-refractivity contribution < 1.29 is 14.3 Å². The van der Waals surface area contributed by atoms with E-state index in [1.165, 1.54) is 7.11 Å². The zero-order valence-electron chi connectivity index (χ0n) is 9.77. The fourth-order valence-corrected chi connectivity index (χ4v) is 2.52. The number of rotatable bonds is 3. The molecule has 0 spiro atoms. The number of carbonyl (C=O) groups is 1. The molecule has 1 aromatic carbocycles. The molecule has 0 aliphatic carbocycles. The van der Waals surface area contributed by atoms with Crippen LogP contribution in [0.25, 0.3) is 11.3 Å². The number of carbonyl (C=O) groups excluding carboxylic acids is 1. The molecule has 0 atom stereocenters. The molecule has 4 nitrogen and oxygen atoms in total. The third kappa shape index (κ3) is 2.32. The van der Waals surface area contributed by atoms with Crippen molar-refractivity contribution in [2.75, 3.05) is 14.2 Å². The maximum absolute atomic E-state index is 11.4. The largest absolute Gasteiger partial charge is 0.497 e. The Labute approximate surface area is 113 Å². The van der Waals surface area contributed by atoms with Crippen molar-refractivity contribution >= 4 is 29.1 Å². The summed E-state index contributed by atoms with van der Waals surface area (Å²) in [6, 6.07) is 7.29. The summed E-state index contributed by atoms with van der Waals surface area (Å²) in [5.41, 5.74) is 1.40. The Morgan fingerprint density at radius 1 is 1.28 bits per heavy atom. The van der Waals surface area contributed by atoms with Gasteiger partial charge in [-0.25, -0.2) is 4.79 Å². The number of ether oxygens (including phenoxy) is 2. The van der Waals surface area contributed by atoms with E-state index in [0.717, 1.165) is 22.8 Å². The van der Waals surface area contributed by atoms with Gasteiger partial charge in [-0.15, -0.1) is 0 Å². The highest BCUT2D eigenvalue weighted by molar-refractivity contribution is 7.09. The second kappa shape index (κ2) is 5.37. The van der Waals surface area contributed by atoms with Crippen molar-refractivity contribution in [2.45, 2.75) is 0 Å². The lowest BCUT2D eigenvalue weighted by molar-refractivity contribution is 0.0606. The minimum atomic E-state index is -0.475. The second-order valence-electron chi connectivity index (χ2n) is 3.39. The van der Waals surface area contributed by atoms with E-state index in [4.69, 9.17) is 16.3 Å². The van der Waals surface area contributed by atoms with E-state index >= 15 is 0 Å². The third-order valence-electron chi connectivity index (χ3n) is 2.37. The Bertz CT molecular complexity index is 565. The average molecular weight is 284 g/mol. The number of nitrogens with zero attached hydrogens (tertiary/aromatic N) is 1. The van der Waals surface area contributed by atoms with E-state index in [9.17, 15) is 4.79 Å². The SMILES string of the molecule is COC(=O)c1snc(-c2ccc(OC)cc2)c1Cl. The molecule has 0 aliphatic heterocycles. The van der Waals surface area contributed by atoms with Gasteiger partial charge in [-0.1, -0.05) is 11.6 Å². The Hall–Kier alpha value is -1.59. The minimum absolute atomic E-state index is 0.310. The van der Waals surface area contributed by atoms with Crippen molar-refractivity contribution in [2.24, 2.45) is 0 Å². The van der Waals surface area contributed by atoms with E-state index < -0.39 is 5.97 Å². The molecular formula is C12H10ClNO3S. The monoisotopic (exact) mass is 283 g/mol. The summed E-state index contributed by atoms with van der Waals surface area (Å²) < 4.78 is 13.9. The van der Waals surface area contributed by atoms with Gasteiger partial charge in [0.25, 0.3) is 0 Å². The summed E-state index contributed by atoms with van der Waals surface area (Å²) in [5.74, 6) is 0.274. The summed E-state index contributed by atoms with van der Waals surface area (Å²) >= 11 is 7.15. The molecule has 94 valence electrons. The topological polar surface area (TPSA) is 48.4 Å². The van der Waals surface area contributed by atoms with Crippen LogP contribution < -0.4 is 4.74 Å². The quantitative estimate of drug-likeness (QED) is 0.811. The Balaban J connectivity index is 2.39. The van der Waals surface area contributed by atoms with Crippen LogP contribution in [0.2, 0.25) is 5.02 Å². The number of esters is 1. The summed E-state index contributed by atoms with van der Waals surface area (Å²) in [4.78, 5) is 11.7. The number of benzene rings is 1. The Morgan fingerprint density at radius 3 is 2.50 bits per heavy atom. The Kier molecular flexibility index (Phi) is 3.84. The lowest BCUT2D eigenvalue weighted by atomic mass is 10.1. The maximum atomic E-state index is 11.4. The van der Waals surface area contributed by atoms with Crippen molar-refractivity contribution in [3.63, 3.8) is 0 Å². The maximum Gasteiger partial charge on any atom is 0.351 e. The number of halogens is 1. The molecule has 0 bridgehead atoms. The van der Waals surface area contributed by atoms with E-state index in [1.54, 1.807) is 7.11 Å². The van der Waals surface area contributed by atoms with E-state index in [2.05, 4.69) is 9.11 Å². The number of hydrogen-bond acceptors (Lipinski definition) is 5. The first kappa shape index (κ1) is 12.9. The van der Waals surface area contributed by atoms with Crippen LogP contribution in [0.1, 0.15) is 9.67 Å². The van der Waals surface area contributed by atoms with Crippen molar-refractivity contribution in [1.29, 1.82) is 0 Å². The van der Waals surface area contributed by atoms with Gasteiger partial charge in [0.1, 0.15) is 11.4 Å². The van der Waals surface area contributed by atoms with Gasteiger partial charge in [-0.2, -0.15) is 4.37 Å². The normalized spacial score (nSPS) is 10.2. The van der Waals surface area contributed by atoms with Gasteiger partial charge in [-0.3, -0.25) is 0 Å². The van der Waals surface area contributed by atoms with Gasteiger partial charge in [0, 0.05) is 5.56 Å². The summed E-state index contributed by atoms with van der Waals surface area (Å²) in [6.45, 7) is 0. The van der Waals surface area contributed by atoms with Gasteiger partial charge in [0.15, 0.2) is 4.88 Å². The molecule has 1 aromatic heterocycles. The molecule has 18 heavy (non-hydrogen) atoms. The number of aromatic nitrogens is 1. The first-order chi connectivity index (χ1) is 8.67. The van der Waals surface area contributed by atoms with Crippen molar-refractivity contribution in [3.05, 3.63) is 34.2 Å². The molecule has 2 rings (SSSR count). The summed E-state index contributed by atoms with van der Waals surface area (Å²) in [7, 11) is 2.91. The lowest BCUT2D eigenvalue weighted by Crippen LogP contribution is -1.98. The molecule has 0 fully saturated rings. The van der Waals surface area contributed by atoms with Gasteiger partial charge >= 0.3 is 5.97 Å². The van der Waals surface area contributed by atoms with Crippen LogP contribution in [0.4, 0.5) is 0 Å². The number of methoxy groups -OCH3 is 2. The molecule has 0 amide bonds. The van der Waals surface area contributed by atoms with Gasteiger partial charge < -0.3 is 9.47 Å². The predicted octanol–water partition coefficient (Wildman–Crippen LogP) is 3.26. The minimum Gasteiger partial charge on any atom is -0.497 e. The van der Waals surface area contributed by atoms with E-state index in [1.807, 2.05) is 24.3 Å². The van der Waals surface area contributed by atoms with Crippen LogP contribution in [-0.2, 0) is 4.74 Å². The first-order valence-corrected chi connectivity index (χ1v) is 6.20. The van der Waals surface area contributed by atoms with Gasteiger partial charge in [-0.05, 0) is 35.8 Å². The third-order valence-corrected chi connectivity index (χ3v) is 3.68. The highest BCUT2D eigenvalue weighted by Gasteiger charge is 2.19. The highest BCUT2D eigenvalue weighted by Crippen LogP contribution is 2.33. The molecule has 0 aliphatic rings. The van der Waals surface area contributed by atoms with Crippen LogP contribution in [0, 0.1) is 0 Å². The molecule has 6 heteroatoms. The lowest BCUT2D eigenvalue weighted by Gasteiger charge is -2.01. The van der Waals surface area contributed by atoms with Crippen LogP contribution >= 0.6 is 23.1 Å². The molecule has 0 radical (unpaired) electrons.